The fraction of sp³-hybridized carbons (Fsp3) is 0.211. The number of nitrogens with zero attached hydrogens (tertiary/aromatic N) is 1. The first-order valence-corrected chi connectivity index (χ1v) is 8.31. The first-order valence-electron chi connectivity index (χ1n) is 7.94. The van der Waals surface area contributed by atoms with Gasteiger partial charge in [-0.3, -0.25) is 9.59 Å². The summed E-state index contributed by atoms with van der Waals surface area (Å²) in [6, 6.07) is 13.5. The second-order valence-electron chi connectivity index (χ2n) is 5.46. The molecule has 1 N–H and O–H groups in total. The second-order valence-corrected chi connectivity index (χ2v) is 5.86. The molecule has 0 saturated heterocycles. The number of nitrogens with one attached hydrogen (secondary N) is 1. The molecule has 26 heavy (non-hydrogen) atoms. The summed E-state index contributed by atoms with van der Waals surface area (Å²) in [4.78, 5) is 37.4. The maximum atomic E-state index is 12.3. The summed E-state index contributed by atoms with van der Waals surface area (Å²) in [5, 5.41) is 3.11. The largest absolute Gasteiger partial charge is 0.465 e. The maximum absolute atomic E-state index is 12.3. The Morgan fingerprint density at radius 3 is 2.38 bits per heavy atom. The number of rotatable bonds is 6. The van der Waals surface area contributed by atoms with Crippen LogP contribution in [0.4, 0.5) is 11.4 Å². The fourth-order valence-corrected chi connectivity index (χ4v) is 2.66. The third-order valence-electron chi connectivity index (χ3n) is 3.69. The van der Waals surface area contributed by atoms with E-state index in [4.69, 9.17) is 16.3 Å². The molecule has 0 aliphatic rings. The molecule has 2 amide bonds. The number of esters is 1. The maximum Gasteiger partial charge on any atom is 0.339 e. The van der Waals surface area contributed by atoms with E-state index in [2.05, 4.69) is 5.32 Å². The number of benzene rings is 2. The first kappa shape index (κ1) is 19.5. The van der Waals surface area contributed by atoms with Crippen LogP contribution in [0.3, 0.4) is 0 Å². The molecule has 7 heteroatoms. The first-order chi connectivity index (χ1) is 12.4. The summed E-state index contributed by atoms with van der Waals surface area (Å²) in [6.45, 7) is 1.57. The SMILES string of the molecule is COC(=O)c1ccccc1NC(=O)CCN(C(C)=O)c1ccccc1Cl. The zero-order chi connectivity index (χ0) is 19.1. The zero-order valence-corrected chi connectivity index (χ0v) is 15.2. The van der Waals surface area contributed by atoms with Gasteiger partial charge >= 0.3 is 5.97 Å². The highest BCUT2D eigenvalue weighted by molar-refractivity contribution is 6.33. The van der Waals surface area contributed by atoms with Crippen LogP contribution in [0.25, 0.3) is 0 Å². The molecule has 0 aromatic heterocycles. The van der Waals surface area contributed by atoms with Crippen molar-refractivity contribution >= 4 is 40.8 Å². The number of methoxy groups -OCH3 is 1. The van der Waals surface area contributed by atoms with Crippen molar-refractivity contribution in [3.8, 4) is 0 Å². The number of carbonyl (C=O) groups excluding carboxylic acids is 3. The highest BCUT2D eigenvalue weighted by Gasteiger charge is 2.17. The molecule has 136 valence electrons. The van der Waals surface area contributed by atoms with Crippen molar-refractivity contribution in [2.75, 3.05) is 23.9 Å². The molecule has 0 bridgehead atoms. The predicted molar refractivity (Wildman–Crippen MR) is 101 cm³/mol. The van der Waals surface area contributed by atoms with Crippen LogP contribution in [-0.2, 0) is 14.3 Å². The molecule has 2 aromatic rings. The van der Waals surface area contributed by atoms with Crippen molar-refractivity contribution in [3.63, 3.8) is 0 Å². The summed E-state index contributed by atoms with van der Waals surface area (Å²) in [7, 11) is 1.27. The van der Waals surface area contributed by atoms with Crippen molar-refractivity contribution in [1.82, 2.24) is 0 Å². The molecule has 2 rings (SSSR count). The summed E-state index contributed by atoms with van der Waals surface area (Å²) < 4.78 is 4.70. The van der Waals surface area contributed by atoms with E-state index in [1.165, 1.54) is 18.9 Å². The van der Waals surface area contributed by atoms with Crippen LogP contribution >= 0.6 is 11.6 Å². The van der Waals surface area contributed by atoms with Gasteiger partial charge in [-0.05, 0) is 24.3 Å². The average Bonchev–Trinajstić information content (AvgIpc) is 2.63. The quantitative estimate of drug-likeness (QED) is 0.785. The molecular weight excluding hydrogens is 356 g/mol. The average molecular weight is 375 g/mol. The molecule has 0 aliphatic heterocycles. The van der Waals surface area contributed by atoms with Gasteiger partial charge in [-0.15, -0.1) is 0 Å². The minimum absolute atomic E-state index is 0.0420. The van der Waals surface area contributed by atoms with Gasteiger partial charge in [0, 0.05) is 19.9 Å². The monoisotopic (exact) mass is 374 g/mol. The standard InChI is InChI=1S/C19H19ClN2O4/c1-13(23)22(17-10-6-4-8-15(17)20)12-11-18(24)21-16-9-5-3-7-14(16)19(25)26-2/h3-10H,11-12H2,1-2H3,(H,21,24). The summed E-state index contributed by atoms with van der Waals surface area (Å²) >= 11 is 6.13. The van der Waals surface area contributed by atoms with Gasteiger partial charge in [0.25, 0.3) is 0 Å². The van der Waals surface area contributed by atoms with E-state index >= 15 is 0 Å². The molecular formula is C19H19ClN2O4. The van der Waals surface area contributed by atoms with Crippen LogP contribution in [0.5, 0.6) is 0 Å². The Balaban J connectivity index is 2.07. The Bertz CT molecular complexity index is 823. The van der Waals surface area contributed by atoms with Gasteiger partial charge in [-0.25, -0.2) is 4.79 Å². The Hall–Kier alpha value is -2.86. The van der Waals surface area contributed by atoms with Crippen LogP contribution in [0.15, 0.2) is 48.5 Å². The zero-order valence-electron chi connectivity index (χ0n) is 14.5. The van der Waals surface area contributed by atoms with Crippen LogP contribution in [0, 0.1) is 0 Å². The molecule has 0 fully saturated rings. The van der Waals surface area contributed by atoms with Gasteiger partial charge in [0.15, 0.2) is 0 Å². The number of anilines is 2. The molecule has 0 heterocycles. The molecule has 0 unspecified atom stereocenters. The van der Waals surface area contributed by atoms with Crippen LogP contribution in [0.2, 0.25) is 5.02 Å². The van der Waals surface area contributed by atoms with E-state index in [0.717, 1.165) is 0 Å². The molecule has 2 aromatic carbocycles. The van der Waals surface area contributed by atoms with Gasteiger partial charge in [0.2, 0.25) is 11.8 Å². The van der Waals surface area contributed by atoms with E-state index in [9.17, 15) is 14.4 Å². The normalized spacial score (nSPS) is 10.1. The number of carbonyl (C=O) groups is 3. The Labute approximate surface area is 156 Å². The molecule has 0 saturated carbocycles. The molecule has 0 radical (unpaired) electrons. The number of ether oxygens (including phenoxy) is 1. The summed E-state index contributed by atoms with van der Waals surface area (Å²) in [5.74, 6) is -1.09. The molecule has 0 aliphatic carbocycles. The number of hydrogen-bond donors (Lipinski definition) is 1. The smallest absolute Gasteiger partial charge is 0.339 e. The third-order valence-corrected chi connectivity index (χ3v) is 4.01. The van der Waals surface area contributed by atoms with E-state index in [1.54, 1.807) is 48.5 Å². The van der Waals surface area contributed by atoms with Crippen LogP contribution in [-0.4, -0.2) is 31.4 Å². The lowest BCUT2D eigenvalue weighted by atomic mass is 10.1. The van der Waals surface area contributed by atoms with E-state index in [0.29, 0.717) is 16.4 Å². The van der Waals surface area contributed by atoms with Crippen molar-refractivity contribution in [1.29, 1.82) is 0 Å². The lowest BCUT2D eigenvalue weighted by Gasteiger charge is -2.22. The van der Waals surface area contributed by atoms with Crippen molar-refractivity contribution < 1.29 is 19.1 Å². The fourth-order valence-electron chi connectivity index (χ4n) is 2.42. The summed E-state index contributed by atoms with van der Waals surface area (Å²) in [5.41, 5.74) is 1.17. The minimum Gasteiger partial charge on any atom is -0.465 e. The Kier molecular flexibility index (Phi) is 6.74. The van der Waals surface area contributed by atoms with Gasteiger partial charge in [0.05, 0.1) is 29.1 Å². The predicted octanol–water partition coefficient (Wildman–Crippen LogP) is 3.51. The molecule has 6 nitrogen and oxygen atoms in total. The topological polar surface area (TPSA) is 75.7 Å². The van der Waals surface area contributed by atoms with Gasteiger partial charge in [0.1, 0.15) is 0 Å². The van der Waals surface area contributed by atoms with Gasteiger partial charge in [-0.2, -0.15) is 0 Å². The number of hydrogen-bond acceptors (Lipinski definition) is 4. The molecule has 0 spiro atoms. The third kappa shape index (κ3) is 4.83. The number of amides is 2. The highest BCUT2D eigenvalue weighted by Crippen LogP contribution is 2.25. The van der Waals surface area contributed by atoms with E-state index in [1.807, 2.05) is 0 Å². The second kappa shape index (κ2) is 9.01. The van der Waals surface area contributed by atoms with Crippen molar-refractivity contribution in [2.45, 2.75) is 13.3 Å². The van der Waals surface area contributed by atoms with Gasteiger partial charge < -0.3 is 15.0 Å². The van der Waals surface area contributed by atoms with E-state index in [-0.39, 0.29) is 30.3 Å². The highest BCUT2D eigenvalue weighted by atomic mass is 35.5. The van der Waals surface area contributed by atoms with Crippen LogP contribution in [0.1, 0.15) is 23.7 Å². The lowest BCUT2D eigenvalue weighted by Crippen LogP contribution is -2.32. The van der Waals surface area contributed by atoms with E-state index < -0.39 is 5.97 Å². The molecule has 0 atom stereocenters. The van der Waals surface area contributed by atoms with Crippen LogP contribution < -0.4 is 10.2 Å². The Morgan fingerprint density at radius 1 is 1.08 bits per heavy atom. The Morgan fingerprint density at radius 2 is 1.73 bits per heavy atom. The van der Waals surface area contributed by atoms with Crippen molar-refractivity contribution in [2.24, 2.45) is 0 Å². The van der Waals surface area contributed by atoms with Gasteiger partial charge in [-0.1, -0.05) is 35.9 Å². The van der Waals surface area contributed by atoms with Crippen molar-refractivity contribution in [3.05, 3.63) is 59.1 Å². The summed E-state index contributed by atoms with van der Waals surface area (Å²) in [6.07, 6.45) is 0.0420. The lowest BCUT2D eigenvalue weighted by molar-refractivity contribution is -0.117. The number of halogens is 1. The minimum atomic E-state index is -0.540. The number of para-hydroxylation sites is 2.